The monoisotopic (exact) mass is 517 g/mol. The van der Waals surface area contributed by atoms with Gasteiger partial charge in [0.15, 0.2) is 0 Å². The molecule has 2 aliphatic rings. The summed E-state index contributed by atoms with van der Waals surface area (Å²) in [6.45, 7) is 0. The Morgan fingerprint density at radius 3 is 2.67 bits per heavy atom. The Morgan fingerprint density at radius 2 is 2.03 bits per heavy atom. The summed E-state index contributed by atoms with van der Waals surface area (Å²) in [6.07, 6.45) is 2.96. The molecular formula is C19H14F3N3O5S3. The number of carbonyl (C=O) groups excluding carboxylic acids is 3. The minimum absolute atomic E-state index is 0.183. The first-order chi connectivity index (χ1) is 15.6. The van der Waals surface area contributed by atoms with E-state index < -0.39 is 52.3 Å². The van der Waals surface area contributed by atoms with E-state index in [4.69, 9.17) is 10.2 Å². The van der Waals surface area contributed by atoms with Gasteiger partial charge in [-0.2, -0.15) is 13.2 Å². The number of alkyl halides is 3. The van der Waals surface area contributed by atoms with Gasteiger partial charge in [-0.05, 0) is 36.0 Å². The van der Waals surface area contributed by atoms with Crippen molar-refractivity contribution >= 4 is 53.1 Å². The molecule has 8 nitrogen and oxygen atoms in total. The summed E-state index contributed by atoms with van der Waals surface area (Å²) in [4.78, 5) is 43.1. The van der Waals surface area contributed by atoms with Gasteiger partial charge in [0.05, 0.1) is 6.20 Å². The molecule has 0 spiro atoms. The van der Waals surface area contributed by atoms with Gasteiger partial charge < -0.3 is 14.9 Å². The second-order valence-corrected chi connectivity index (χ2v) is 9.98. The first kappa shape index (κ1) is 23.7. The number of thioether (sulfide) groups is 3. The highest BCUT2D eigenvalue weighted by Gasteiger charge is 2.52. The van der Waals surface area contributed by atoms with Gasteiger partial charge in [0.1, 0.15) is 29.1 Å². The third kappa shape index (κ3) is 5.23. The molecule has 2 N–H and O–H groups in total. The predicted molar refractivity (Wildman–Crippen MR) is 116 cm³/mol. The Morgan fingerprint density at radius 1 is 1.30 bits per heavy atom. The van der Waals surface area contributed by atoms with E-state index in [-0.39, 0.29) is 5.70 Å². The van der Waals surface area contributed by atoms with Crippen molar-refractivity contribution in [1.82, 2.24) is 9.88 Å². The molecule has 0 aliphatic carbocycles. The largest absolute Gasteiger partial charge is 0.445 e. The van der Waals surface area contributed by atoms with E-state index >= 15 is 0 Å². The molecule has 0 radical (unpaired) electrons. The zero-order chi connectivity index (χ0) is 23.8. The molecular weight excluding hydrogens is 503 g/mol. The minimum atomic E-state index is -4.65. The van der Waals surface area contributed by atoms with Crippen LogP contribution in [-0.2, 0) is 19.1 Å². The number of halogens is 3. The Labute approximate surface area is 197 Å². The maximum atomic E-state index is 12.7. The molecule has 1 unspecified atom stereocenters. The van der Waals surface area contributed by atoms with Crippen LogP contribution in [0.15, 0.2) is 56.6 Å². The van der Waals surface area contributed by atoms with Crippen LogP contribution >= 0.6 is 35.3 Å². The van der Waals surface area contributed by atoms with Crippen LogP contribution in [0.5, 0.6) is 0 Å². The summed E-state index contributed by atoms with van der Waals surface area (Å²) >= 11 is 1.89. The predicted octanol–water partition coefficient (Wildman–Crippen LogP) is 3.21. The molecule has 14 heteroatoms. The van der Waals surface area contributed by atoms with Crippen molar-refractivity contribution in [2.75, 3.05) is 11.5 Å². The maximum absolute atomic E-state index is 12.7. The number of aromatic nitrogens is 1. The van der Waals surface area contributed by atoms with E-state index in [0.29, 0.717) is 21.4 Å². The number of oxazole rings is 1. The quantitative estimate of drug-likeness (QED) is 0.348. The van der Waals surface area contributed by atoms with Crippen LogP contribution in [0.4, 0.5) is 13.2 Å². The molecule has 1 fully saturated rings. The molecule has 2 atom stereocenters. The van der Waals surface area contributed by atoms with E-state index in [9.17, 15) is 27.6 Å². The number of nitrogens with two attached hydrogens (primary N) is 1. The van der Waals surface area contributed by atoms with Crippen molar-refractivity contribution in [3.8, 4) is 11.5 Å². The number of carbonyl (C=O) groups is 3. The van der Waals surface area contributed by atoms with E-state index in [1.165, 1.54) is 36.0 Å². The first-order valence-corrected chi connectivity index (χ1v) is 12.1. The van der Waals surface area contributed by atoms with Crippen molar-refractivity contribution in [2.24, 2.45) is 5.73 Å². The van der Waals surface area contributed by atoms with Crippen LogP contribution in [0.25, 0.3) is 11.5 Å². The molecule has 1 saturated heterocycles. The number of rotatable bonds is 6. The standard InChI is InChI=1S/C19H14F3N3O5S3/c20-19(21,22)32-8-12(26)30-18(28)14-11(7-31-17-13(23)16(27)25(14)17)33-10-3-1-9(2-4-10)15-24-5-6-29-15/h1-6,13,17H,7-8,23H2/t13?,17-/m0/s1. The molecule has 2 aromatic rings. The van der Waals surface area contributed by atoms with Gasteiger partial charge in [0.25, 0.3) is 0 Å². The lowest BCUT2D eigenvalue weighted by Crippen LogP contribution is -2.68. The molecule has 4 rings (SSSR count). The summed E-state index contributed by atoms with van der Waals surface area (Å²) in [5.41, 5.74) is 1.69. The minimum Gasteiger partial charge on any atom is -0.445 e. The number of fused-ring (bicyclic) bond motifs is 1. The van der Waals surface area contributed by atoms with Gasteiger partial charge >= 0.3 is 17.4 Å². The number of β-lactam (4-membered cyclic amide) rings is 1. The lowest BCUT2D eigenvalue weighted by atomic mass is 10.1. The molecule has 1 aromatic heterocycles. The molecule has 33 heavy (non-hydrogen) atoms. The molecule has 0 bridgehead atoms. The third-order valence-corrected chi connectivity index (χ3v) is 7.79. The van der Waals surface area contributed by atoms with E-state index in [1.54, 1.807) is 24.3 Å². The number of ether oxygens (including phenoxy) is 1. The van der Waals surface area contributed by atoms with Crippen LogP contribution in [0, 0.1) is 0 Å². The fourth-order valence-electron chi connectivity index (χ4n) is 3.05. The highest BCUT2D eigenvalue weighted by Crippen LogP contribution is 2.45. The number of amides is 1. The fraction of sp³-hybridized carbons (Fsp3) is 0.263. The summed E-state index contributed by atoms with van der Waals surface area (Å²) in [6, 6.07) is 6.21. The molecule has 1 aromatic carbocycles. The highest BCUT2D eigenvalue weighted by atomic mass is 32.2. The fourth-order valence-corrected chi connectivity index (χ4v) is 5.81. The van der Waals surface area contributed by atoms with Gasteiger partial charge in [0, 0.05) is 21.1 Å². The van der Waals surface area contributed by atoms with E-state index in [2.05, 4.69) is 9.72 Å². The lowest BCUT2D eigenvalue weighted by molar-refractivity contribution is -0.159. The number of nitrogens with zero attached hydrogens (tertiary/aromatic N) is 2. The Hall–Kier alpha value is -2.42. The van der Waals surface area contributed by atoms with E-state index in [1.807, 2.05) is 0 Å². The van der Waals surface area contributed by atoms with Crippen molar-refractivity contribution in [3.63, 3.8) is 0 Å². The molecule has 2 aliphatic heterocycles. The summed E-state index contributed by atoms with van der Waals surface area (Å²) in [5, 5.41) is -0.517. The van der Waals surface area contributed by atoms with Crippen LogP contribution in [0.2, 0.25) is 0 Å². The summed E-state index contributed by atoms with van der Waals surface area (Å²) in [5.74, 6) is -3.44. The van der Waals surface area contributed by atoms with Crippen molar-refractivity contribution in [2.45, 2.75) is 21.8 Å². The topological polar surface area (TPSA) is 116 Å². The summed E-state index contributed by atoms with van der Waals surface area (Å²) < 4.78 is 46.8. The van der Waals surface area contributed by atoms with Gasteiger partial charge in [-0.25, -0.2) is 9.78 Å². The van der Waals surface area contributed by atoms with Crippen LogP contribution in [0.1, 0.15) is 0 Å². The van der Waals surface area contributed by atoms with Gasteiger partial charge in [-0.1, -0.05) is 11.8 Å². The number of hydrogen-bond donors (Lipinski definition) is 1. The molecule has 1 amide bonds. The van der Waals surface area contributed by atoms with Crippen molar-refractivity contribution in [1.29, 1.82) is 0 Å². The smallest absolute Gasteiger partial charge is 0.442 e. The average molecular weight is 518 g/mol. The molecule has 3 heterocycles. The second-order valence-electron chi connectivity index (χ2n) is 6.67. The first-order valence-electron chi connectivity index (χ1n) is 9.21. The number of benzene rings is 1. The zero-order valence-corrected chi connectivity index (χ0v) is 18.9. The van der Waals surface area contributed by atoms with Gasteiger partial charge in [0.2, 0.25) is 11.8 Å². The molecule has 174 valence electrons. The zero-order valence-electron chi connectivity index (χ0n) is 16.4. The SMILES string of the molecule is NC1C(=O)N2C(C(=O)OC(=O)CSC(F)(F)F)=C(Sc3ccc(-c4ncco4)cc3)CS[C@@H]12. The van der Waals surface area contributed by atoms with Gasteiger partial charge in [-0.3, -0.25) is 14.5 Å². The maximum Gasteiger partial charge on any atom is 0.442 e. The van der Waals surface area contributed by atoms with Crippen molar-refractivity contribution < 1.29 is 36.7 Å². The highest BCUT2D eigenvalue weighted by molar-refractivity contribution is 8.06. The Bertz CT molecular complexity index is 1110. The summed E-state index contributed by atoms with van der Waals surface area (Å²) in [7, 11) is 0. The van der Waals surface area contributed by atoms with E-state index in [0.717, 1.165) is 10.5 Å². The van der Waals surface area contributed by atoms with Crippen molar-refractivity contribution in [3.05, 3.63) is 47.3 Å². The molecule has 0 saturated carbocycles. The Kier molecular flexibility index (Phi) is 6.79. The van der Waals surface area contributed by atoms with Crippen LogP contribution in [0.3, 0.4) is 0 Å². The third-order valence-electron chi connectivity index (χ3n) is 4.50. The van der Waals surface area contributed by atoms with Crippen LogP contribution < -0.4 is 5.73 Å². The number of esters is 2. The lowest BCUT2D eigenvalue weighted by Gasteiger charge is -2.48. The normalized spacial score (nSPS) is 20.4. The number of hydrogen-bond acceptors (Lipinski definition) is 10. The van der Waals surface area contributed by atoms with Crippen LogP contribution in [-0.4, -0.2) is 56.2 Å². The van der Waals surface area contributed by atoms with Gasteiger partial charge in [-0.15, -0.1) is 11.8 Å². The Balaban J connectivity index is 1.55. The second kappa shape index (κ2) is 9.44. The average Bonchev–Trinajstić information content (AvgIpc) is 3.32.